The van der Waals surface area contributed by atoms with Crippen LogP contribution in [0, 0.1) is 10.1 Å². The van der Waals surface area contributed by atoms with Gasteiger partial charge in [-0.3, -0.25) is 14.9 Å². The van der Waals surface area contributed by atoms with Gasteiger partial charge < -0.3 is 21.1 Å². The van der Waals surface area contributed by atoms with Gasteiger partial charge in [-0.25, -0.2) is 4.79 Å². The second kappa shape index (κ2) is 6.61. The van der Waals surface area contributed by atoms with Crippen LogP contribution in [0.4, 0.5) is 16.2 Å². The fourth-order valence-electron chi connectivity index (χ4n) is 2.78. The summed E-state index contributed by atoms with van der Waals surface area (Å²) >= 11 is 0. The average molecular weight is 322 g/mol. The molecule has 23 heavy (non-hydrogen) atoms. The van der Waals surface area contributed by atoms with E-state index in [1.54, 1.807) is 7.05 Å². The number of Topliss-reactive ketones (excluding diaryl/α,β-unsaturated/α-hetero) is 1. The first-order chi connectivity index (χ1) is 10.9. The standard InChI is InChI=1S/C14H18N4O5/c1-15-10-4-3-9(7-11(10)18(22)23)12(19)14(17-13(20)21)5-2-6-16-8-14/h3-4,7,15-17H,2,5-6,8H2,1H3,(H,20,21)/t14-/m1/s1. The zero-order chi connectivity index (χ0) is 17.0. The van der Waals surface area contributed by atoms with Crippen molar-refractivity contribution in [2.75, 3.05) is 25.5 Å². The molecular formula is C14H18N4O5. The van der Waals surface area contributed by atoms with E-state index in [1.807, 2.05) is 0 Å². The van der Waals surface area contributed by atoms with Crippen molar-refractivity contribution < 1.29 is 19.6 Å². The minimum Gasteiger partial charge on any atom is -0.465 e. The van der Waals surface area contributed by atoms with Crippen molar-refractivity contribution in [3.05, 3.63) is 33.9 Å². The van der Waals surface area contributed by atoms with E-state index in [0.29, 0.717) is 19.4 Å². The molecule has 0 saturated carbocycles. The Morgan fingerprint density at radius 1 is 1.43 bits per heavy atom. The summed E-state index contributed by atoms with van der Waals surface area (Å²) in [6.45, 7) is 0.842. The SMILES string of the molecule is CNc1ccc(C(=O)[C@@]2(NC(=O)O)CCCNC2)cc1[N+](=O)[O-]. The van der Waals surface area contributed by atoms with Crippen molar-refractivity contribution in [1.29, 1.82) is 0 Å². The number of benzene rings is 1. The molecule has 1 fully saturated rings. The maximum Gasteiger partial charge on any atom is 0.405 e. The summed E-state index contributed by atoms with van der Waals surface area (Å²) in [6, 6.07) is 4.07. The predicted molar refractivity (Wildman–Crippen MR) is 83.0 cm³/mol. The lowest BCUT2D eigenvalue weighted by Gasteiger charge is -2.36. The molecule has 0 radical (unpaired) electrons. The Balaban J connectivity index is 2.42. The third kappa shape index (κ3) is 3.39. The Morgan fingerprint density at radius 3 is 2.70 bits per heavy atom. The molecule has 1 amide bonds. The number of nitro groups is 1. The van der Waals surface area contributed by atoms with Gasteiger partial charge in [0.1, 0.15) is 11.2 Å². The van der Waals surface area contributed by atoms with Crippen molar-refractivity contribution in [2.45, 2.75) is 18.4 Å². The van der Waals surface area contributed by atoms with Crippen molar-refractivity contribution >= 4 is 23.3 Å². The van der Waals surface area contributed by atoms with Gasteiger partial charge >= 0.3 is 6.09 Å². The fraction of sp³-hybridized carbons (Fsp3) is 0.429. The molecule has 1 aromatic rings. The number of hydrogen-bond donors (Lipinski definition) is 4. The van der Waals surface area contributed by atoms with Crippen molar-refractivity contribution in [3.8, 4) is 0 Å². The lowest BCUT2D eigenvalue weighted by molar-refractivity contribution is -0.384. The van der Waals surface area contributed by atoms with Crippen LogP contribution in [0.5, 0.6) is 0 Å². The average Bonchev–Trinajstić information content (AvgIpc) is 2.53. The van der Waals surface area contributed by atoms with Gasteiger partial charge in [-0.15, -0.1) is 0 Å². The highest BCUT2D eigenvalue weighted by molar-refractivity contribution is 6.05. The van der Waals surface area contributed by atoms with E-state index in [9.17, 15) is 19.7 Å². The number of amides is 1. The van der Waals surface area contributed by atoms with Gasteiger partial charge in [-0.1, -0.05) is 0 Å². The van der Waals surface area contributed by atoms with Crippen molar-refractivity contribution in [1.82, 2.24) is 10.6 Å². The highest BCUT2D eigenvalue weighted by atomic mass is 16.6. The second-order valence-electron chi connectivity index (χ2n) is 5.36. The van der Waals surface area contributed by atoms with Crippen LogP contribution in [0.15, 0.2) is 18.2 Å². The van der Waals surface area contributed by atoms with Gasteiger partial charge in [0.15, 0.2) is 5.78 Å². The zero-order valence-electron chi connectivity index (χ0n) is 12.6. The van der Waals surface area contributed by atoms with E-state index in [-0.39, 0.29) is 23.5 Å². The molecule has 0 bridgehead atoms. The predicted octanol–water partition coefficient (Wildman–Crippen LogP) is 1.21. The number of piperidine rings is 1. The van der Waals surface area contributed by atoms with E-state index in [2.05, 4.69) is 16.0 Å². The summed E-state index contributed by atoms with van der Waals surface area (Å²) < 4.78 is 0. The normalized spacial score (nSPS) is 20.6. The van der Waals surface area contributed by atoms with Gasteiger partial charge in [0.05, 0.1) is 4.92 Å². The molecule has 1 aliphatic rings. The minimum absolute atomic E-state index is 0.105. The summed E-state index contributed by atoms with van der Waals surface area (Å²) in [5.41, 5.74) is -1.15. The Hall–Kier alpha value is -2.68. The number of nitrogens with one attached hydrogen (secondary N) is 3. The Bertz CT molecular complexity index is 640. The summed E-state index contributed by atoms with van der Waals surface area (Å²) in [6.07, 6.45) is -0.335. The van der Waals surface area contributed by atoms with E-state index < -0.39 is 22.3 Å². The monoisotopic (exact) mass is 322 g/mol. The third-order valence-electron chi connectivity index (χ3n) is 3.89. The topological polar surface area (TPSA) is 134 Å². The quantitative estimate of drug-likeness (QED) is 0.363. The molecule has 1 heterocycles. The van der Waals surface area contributed by atoms with Crippen LogP contribution in [0.25, 0.3) is 0 Å². The number of anilines is 1. The third-order valence-corrected chi connectivity index (χ3v) is 3.89. The molecule has 9 heteroatoms. The van der Waals surface area contributed by atoms with Crippen LogP contribution in [0.3, 0.4) is 0 Å². The molecule has 0 spiro atoms. The fourth-order valence-corrected chi connectivity index (χ4v) is 2.78. The molecule has 1 aliphatic heterocycles. The first kappa shape index (κ1) is 16.7. The molecule has 1 saturated heterocycles. The number of nitro benzene ring substituents is 1. The zero-order valence-corrected chi connectivity index (χ0v) is 12.6. The molecule has 4 N–H and O–H groups in total. The lowest BCUT2D eigenvalue weighted by Crippen LogP contribution is -2.62. The molecule has 9 nitrogen and oxygen atoms in total. The van der Waals surface area contributed by atoms with E-state index in [1.165, 1.54) is 18.2 Å². The van der Waals surface area contributed by atoms with Crippen LogP contribution < -0.4 is 16.0 Å². The van der Waals surface area contributed by atoms with Gasteiger partial charge in [0.25, 0.3) is 5.69 Å². The molecule has 2 rings (SSSR count). The number of carbonyl (C=O) groups excluding carboxylic acids is 1. The second-order valence-corrected chi connectivity index (χ2v) is 5.36. The maximum atomic E-state index is 12.8. The van der Waals surface area contributed by atoms with Crippen LogP contribution in [0.2, 0.25) is 0 Å². The maximum absolute atomic E-state index is 12.8. The van der Waals surface area contributed by atoms with Gasteiger partial charge in [0.2, 0.25) is 0 Å². The number of ketones is 1. The molecule has 0 aromatic heterocycles. The van der Waals surface area contributed by atoms with Crippen LogP contribution in [-0.4, -0.2) is 47.6 Å². The molecular weight excluding hydrogens is 304 g/mol. The van der Waals surface area contributed by atoms with E-state index >= 15 is 0 Å². The van der Waals surface area contributed by atoms with E-state index in [0.717, 1.165) is 0 Å². The molecule has 1 atom stereocenters. The molecule has 124 valence electrons. The van der Waals surface area contributed by atoms with Crippen molar-refractivity contribution in [2.24, 2.45) is 0 Å². The summed E-state index contributed by atoms with van der Waals surface area (Å²) in [7, 11) is 1.54. The number of rotatable bonds is 5. The van der Waals surface area contributed by atoms with Crippen LogP contribution >= 0.6 is 0 Å². The first-order valence-electron chi connectivity index (χ1n) is 7.12. The Kier molecular flexibility index (Phi) is 4.80. The summed E-state index contributed by atoms with van der Waals surface area (Å²) in [4.78, 5) is 34.4. The molecule has 0 unspecified atom stereocenters. The number of carbonyl (C=O) groups is 2. The smallest absolute Gasteiger partial charge is 0.405 e. The number of carboxylic acid groups (broad SMARTS) is 1. The number of hydrogen-bond acceptors (Lipinski definition) is 6. The summed E-state index contributed by atoms with van der Waals surface area (Å²) in [5.74, 6) is -0.474. The molecule has 0 aliphatic carbocycles. The van der Waals surface area contributed by atoms with Gasteiger partial charge in [0, 0.05) is 25.2 Å². The van der Waals surface area contributed by atoms with Crippen LogP contribution in [-0.2, 0) is 0 Å². The van der Waals surface area contributed by atoms with Gasteiger partial charge in [-0.05, 0) is 31.5 Å². The first-order valence-corrected chi connectivity index (χ1v) is 7.12. The van der Waals surface area contributed by atoms with Gasteiger partial charge in [-0.2, -0.15) is 0 Å². The largest absolute Gasteiger partial charge is 0.465 e. The minimum atomic E-state index is -1.31. The lowest BCUT2D eigenvalue weighted by atomic mass is 9.82. The highest BCUT2D eigenvalue weighted by Gasteiger charge is 2.42. The number of nitrogens with zero attached hydrogens (tertiary/aromatic N) is 1. The summed E-state index contributed by atoms with van der Waals surface area (Å²) in [5, 5.41) is 28.1. The van der Waals surface area contributed by atoms with E-state index in [4.69, 9.17) is 5.11 Å². The Morgan fingerprint density at radius 2 is 2.17 bits per heavy atom. The molecule has 1 aromatic carbocycles. The highest BCUT2D eigenvalue weighted by Crippen LogP contribution is 2.28. The van der Waals surface area contributed by atoms with Crippen molar-refractivity contribution in [3.63, 3.8) is 0 Å². The Labute approximate surface area is 132 Å². The van der Waals surface area contributed by atoms with Crippen LogP contribution in [0.1, 0.15) is 23.2 Å².